The van der Waals surface area contributed by atoms with Crippen molar-refractivity contribution in [2.24, 2.45) is 0 Å². The van der Waals surface area contributed by atoms with Crippen LogP contribution in [0.4, 0.5) is 0 Å². The van der Waals surface area contributed by atoms with Crippen molar-refractivity contribution >= 4 is 28.5 Å². The number of carboxylic acids is 1. The van der Waals surface area contributed by atoms with Gasteiger partial charge in [0.15, 0.2) is 0 Å². The average molecular weight is 327 g/mol. The van der Waals surface area contributed by atoms with Gasteiger partial charge < -0.3 is 15.4 Å². The Hall–Kier alpha value is -2.30. The summed E-state index contributed by atoms with van der Waals surface area (Å²) in [6.07, 6.45) is 2.66. The molecule has 0 radical (unpaired) electrons. The van der Waals surface area contributed by atoms with Gasteiger partial charge in [0, 0.05) is 28.7 Å². The zero-order valence-electron chi connectivity index (χ0n) is 12.3. The van der Waals surface area contributed by atoms with Crippen molar-refractivity contribution in [1.82, 2.24) is 10.3 Å². The second kappa shape index (κ2) is 5.41. The lowest BCUT2D eigenvalue weighted by atomic mass is 9.95. The highest BCUT2D eigenvalue weighted by Gasteiger charge is 2.18. The molecule has 2 heterocycles. The first-order chi connectivity index (χ1) is 11.1. The van der Waals surface area contributed by atoms with E-state index in [-0.39, 0.29) is 5.56 Å². The van der Waals surface area contributed by atoms with Crippen LogP contribution in [0.5, 0.6) is 0 Å². The molecule has 4 rings (SSSR count). The Balaban J connectivity index is 1.79. The fourth-order valence-electron chi connectivity index (χ4n) is 3.01. The predicted octanol–water partition coefficient (Wildman–Crippen LogP) is 4.22. The lowest BCUT2D eigenvalue weighted by Crippen LogP contribution is -2.34. The minimum Gasteiger partial charge on any atom is -0.478 e. The van der Waals surface area contributed by atoms with E-state index in [0.717, 1.165) is 29.6 Å². The predicted molar refractivity (Wildman–Crippen MR) is 91.1 cm³/mol. The molecule has 0 saturated carbocycles. The van der Waals surface area contributed by atoms with Gasteiger partial charge in [0.1, 0.15) is 0 Å². The van der Waals surface area contributed by atoms with E-state index in [1.165, 1.54) is 11.8 Å². The van der Waals surface area contributed by atoms with Gasteiger partial charge in [-0.05, 0) is 36.2 Å². The Morgan fingerprint density at radius 3 is 2.57 bits per heavy atom. The van der Waals surface area contributed by atoms with E-state index in [2.05, 4.69) is 22.4 Å². The first-order valence-electron chi connectivity index (χ1n) is 7.51. The number of aromatic carboxylic acids is 1. The molecule has 1 atom stereocenters. The minimum atomic E-state index is -0.948. The fraction of sp³-hybridized carbons (Fsp3) is 0.167. The van der Waals surface area contributed by atoms with Gasteiger partial charge >= 0.3 is 5.97 Å². The Morgan fingerprint density at radius 1 is 1.22 bits per heavy atom. The highest BCUT2D eigenvalue weighted by atomic mass is 35.5. The quantitative estimate of drug-likeness (QED) is 0.675. The summed E-state index contributed by atoms with van der Waals surface area (Å²) < 4.78 is 0. The fourth-order valence-corrected chi connectivity index (χ4v) is 3.28. The van der Waals surface area contributed by atoms with Crippen LogP contribution in [0.15, 0.2) is 42.6 Å². The smallest absolute Gasteiger partial charge is 0.337 e. The maximum Gasteiger partial charge on any atom is 0.337 e. The molecule has 3 aromatic rings. The highest BCUT2D eigenvalue weighted by Crippen LogP contribution is 2.34. The number of aromatic amines is 1. The molecule has 116 valence electrons. The SMILES string of the molecule is O=C(O)c1c[nH]c2cc(Cl)c(-c3ccc([C@@H]4CCN4)cc3)cc12. The van der Waals surface area contributed by atoms with Crippen LogP contribution in [-0.4, -0.2) is 22.6 Å². The topological polar surface area (TPSA) is 65.1 Å². The van der Waals surface area contributed by atoms with E-state index >= 15 is 0 Å². The lowest BCUT2D eigenvalue weighted by molar-refractivity contribution is 0.0699. The second-order valence-corrected chi connectivity index (χ2v) is 6.21. The van der Waals surface area contributed by atoms with E-state index in [1.807, 2.05) is 18.2 Å². The first kappa shape index (κ1) is 14.3. The van der Waals surface area contributed by atoms with Gasteiger partial charge in [0.25, 0.3) is 0 Å². The Kier molecular flexibility index (Phi) is 3.36. The molecule has 1 saturated heterocycles. The zero-order valence-corrected chi connectivity index (χ0v) is 13.0. The third-order valence-electron chi connectivity index (χ3n) is 4.45. The van der Waals surface area contributed by atoms with Crippen molar-refractivity contribution < 1.29 is 9.90 Å². The van der Waals surface area contributed by atoms with Gasteiger partial charge in [-0.1, -0.05) is 35.9 Å². The molecule has 0 spiro atoms. The van der Waals surface area contributed by atoms with Gasteiger partial charge in [-0.2, -0.15) is 0 Å². The van der Waals surface area contributed by atoms with Crippen molar-refractivity contribution in [3.05, 3.63) is 58.7 Å². The molecular weight excluding hydrogens is 312 g/mol. The molecule has 1 aliphatic heterocycles. The van der Waals surface area contributed by atoms with Crippen molar-refractivity contribution in [1.29, 1.82) is 0 Å². The largest absolute Gasteiger partial charge is 0.478 e. The summed E-state index contributed by atoms with van der Waals surface area (Å²) in [5, 5.41) is 13.9. The number of hydrogen-bond donors (Lipinski definition) is 3. The van der Waals surface area contributed by atoms with Gasteiger partial charge in [0.05, 0.1) is 10.6 Å². The molecule has 1 aliphatic rings. The minimum absolute atomic E-state index is 0.258. The summed E-state index contributed by atoms with van der Waals surface area (Å²) in [5.41, 5.74) is 4.08. The maximum absolute atomic E-state index is 11.3. The standard InChI is InChI=1S/C18H15ClN2O2/c19-15-8-17-13(14(9-21-17)18(22)23)7-12(15)10-1-3-11(4-2-10)16-5-6-20-16/h1-4,7-9,16,20-21H,5-6H2,(H,22,23)/t16-/m0/s1. The van der Waals surface area contributed by atoms with Crippen molar-refractivity contribution in [3.8, 4) is 11.1 Å². The molecule has 3 N–H and O–H groups in total. The number of nitrogens with one attached hydrogen (secondary N) is 2. The number of halogens is 1. The summed E-state index contributed by atoms with van der Waals surface area (Å²) in [6.45, 7) is 1.07. The van der Waals surface area contributed by atoms with Crippen LogP contribution >= 0.6 is 11.6 Å². The molecule has 0 unspecified atom stereocenters. The van der Waals surface area contributed by atoms with Crippen LogP contribution in [-0.2, 0) is 0 Å². The molecule has 0 bridgehead atoms. The molecule has 0 amide bonds. The van der Waals surface area contributed by atoms with Gasteiger partial charge in [0.2, 0.25) is 0 Å². The third kappa shape index (κ3) is 2.40. The van der Waals surface area contributed by atoms with Crippen LogP contribution in [0.3, 0.4) is 0 Å². The number of carboxylic acid groups (broad SMARTS) is 1. The summed E-state index contributed by atoms with van der Waals surface area (Å²) in [4.78, 5) is 14.3. The number of rotatable bonds is 3. The summed E-state index contributed by atoms with van der Waals surface area (Å²) in [7, 11) is 0. The lowest BCUT2D eigenvalue weighted by Gasteiger charge is -2.28. The maximum atomic E-state index is 11.3. The van der Waals surface area contributed by atoms with Gasteiger partial charge in [-0.3, -0.25) is 0 Å². The highest BCUT2D eigenvalue weighted by molar-refractivity contribution is 6.34. The van der Waals surface area contributed by atoms with Crippen LogP contribution in [0.2, 0.25) is 5.02 Å². The number of hydrogen-bond acceptors (Lipinski definition) is 2. The Morgan fingerprint density at radius 2 is 1.96 bits per heavy atom. The van der Waals surface area contributed by atoms with Gasteiger partial charge in [-0.15, -0.1) is 0 Å². The Labute approximate surface area is 138 Å². The van der Waals surface area contributed by atoms with Crippen LogP contribution < -0.4 is 5.32 Å². The second-order valence-electron chi connectivity index (χ2n) is 5.80. The summed E-state index contributed by atoms with van der Waals surface area (Å²) >= 11 is 6.39. The van der Waals surface area contributed by atoms with E-state index in [0.29, 0.717) is 16.5 Å². The molecule has 1 fully saturated rings. The van der Waals surface area contributed by atoms with Crippen molar-refractivity contribution in [2.45, 2.75) is 12.5 Å². The molecule has 1 aromatic heterocycles. The molecule has 23 heavy (non-hydrogen) atoms. The summed E-state index contributed by atoms with van der Waals surface area (Å²) in [6, 6.07) is 12.3. The van der Waals surface area contributed by atoms with E-state index < -0.39 is 5.97 Å². The molecule has 5 heteroatoms. The van der Waals surface area contributed by atoms with E-state index in [9.17, 15) is 9.90 Å². The van der Waals surface area contributed by atoms with Crippen molar-refractivity contribution in [2.75, 3.05) is 6.54 Å². The number of carbonyl (C=O) groups is 1. The molecule has 2 aromatic carbocycles. The normalized spacial score (nSPS) is 17.2. The number of H-pyrrole nitrogens is 1. The first-order valence-corrected chi connectivity index (χ1v) is 7.89. The molecular formula is C18H15ClN2O2. The van der Waals surface area contributed by atoms with E-state index in [4.69, 9.17) is 11.6 Å². The number of fused-ring (bicyclic) bond motifs is 1. The van der Waals surface area contributed by atoms with Crippen molar-refractivity contribution in [3.63, 3.8) is 0 Å². The molecule has 0 aliphatic carbocycles. The monoisotopic (exact) mass is 326 g/mol. The van der Waals surface area contributed by atoms with Crippen LogP contribution in [0, 0.1) is 0 Å². The zero-order chi connectivity index (χ0) is 16.0. The van der Waals surface area contributed by atoms with Crippen LogP contribution in [0.25, 0.3) is 22.0 Å². The van der Waals surface area contributed by atoms with E-state index in [1.54, 1.807) is 6.07 Å². The average Bonchev–Trinajstić information content (AvgIpc) is 2.88. The summed E-state index contributed by atoms with van der Waals surface area (Å²) in [5.74, 6) is -0.948. The third-order valence-corrected chi connectivity index (χ3v) is 4.76. The van der Waals surface area contributed by atoms with Crippen LogP contribution in [0.1, 0.15) is 28.4 Å². The number of benzene rings is 2. The molecule has 4 nitrogen and oxygen atoms in total. The number of aromatic nitrogens is 1. The Bertz CT molecular complexity index is 895. The van der Waals surface area contributed by atoms with Gasteiger partial charge in [-0.25, -0.2) is 4.79 Å².